The van der Waals surface area contributed by atoms with E-state index in [1.165, 1.54) is 0 Å². The summed E-state index contributed by atoms with van der Waals surface area (Å²) in [5, 5.41) is 4.49. The normalized spacial score (nSPS) is 11.0. The third-order valence-electron chi connectivity index (χ3n) is 6.96. The van der Waals surface area contributed by atoms with E-state index < -0.39 is 0 Å². The van der Waals surface area contributed by atoms with Crippen LogP contribution < -0.4 is 11.1 Å². The van der Waals surface area contributed by atoms with Crippen molar-refractivity contribution in [3.63, 3.8) is 0 Å². The van der Waals surface area contributed by atoms with Gasteiger partial charge in [-0.15, -0.1) is 0 Å². The number of rotatable bonds is 4. The maximum Gasteiger partial charge on any atom is 0.257 e. The van der Waals surface area contributed by atoms with E-state index in [1.54, 1.807) is 37.3 Å². The molecule has 0 saturated carbocycles. The van der Waals surface area contributed by atoms with Crippen LogP contribution in [-0.4, -0.2) is 15.9 Å². The van der Waals surface area contributed by atoms with Crippen molar-refractivity contribution >= 4 is 74.3 Å². The smallest absolute Gasteiger partial charge is 0.257 e. The van der Waals surface area contributed by atoms with E-state index in [0.717, 1.165) is 44.6 Å². The van der Waals surface area contributed by atoms with Crippen LogP contribution in [0.15, 0.2) is 106 Å². The molecule has 2 aromatic heterocycles. The maximum absolute atomic E-state index is 12.4. The van der Waals surface area contributed by atoms with Crippen LogP contribution in [0.4, 0.5) is 11.4 Å². The van der Waals surface area contributed by atoms with Crippen LogP contribution in [0.3, 0.4) is 0 Å². The lowest BCUT2D eigenvalue weighted by Crippen LogP contribution is -2.12. The van der Waals surface area contributed by atoms with Gasteiger partial charge in [-0.25, -0.2) is 9.97 Å². The fourth-order valence-corrected chi connectivity index (χ4v) is 5.56. The quantitative estimate of drug-likeness (QED) is 0.183. The number of nitrogens with zero attached hydrogens (tertiary/aromatic N) is 2. The number of nitrogens with two attached hydrogens (primary N) is 1. The molecule has 224 valence electrons. The molecular weight excluding hydrogens is 631 g/mol. The Labute approximate surface area is 273 Å². The summed E-state index contributed by atoms with van der Waals surface area (Å²) < 4.78 is 11.1. The van der Waals surface area contributed by atoms with E-state index in [-0.39, 0.29) is 5.91 Å². The number of hydrogen-bond acceptors (Lipinski definition) is 6. The first-order valence-corrected chi connectivity index (χ1v) is 14.9. The van der Waals surface area contributed by atoms with Crippen LogP contribution in [0.25, 0.3) is 44.5 Å². The van der Waals surface area contributed by atoms with E-state index in [2.05, 4.69) is 15.3 Å². The standard InChI is InChI=1S/C21H14Cl2N2O2.C14H11ClN2O/c1-12-24-19-11-18(23)16(10-20(19)27-12)13-6-8-14(9-7-13)25-21(26)15-4-2-3-5-17(15)22;1-8-17-13-7-12(15)11(6-14(13)18-8)9-2-4-10(16)5-3-9/h2-11H,1H3,(H,25,26);2-7H,16H2,1H3. The summed E-state index contributed by atoms with van der Waals surface area (Å²) in [4.78, 5) is 20.9. The predicted molar refractivity (Wildman–Crippen MR) is 182 cm³/mol. The molecule has 7 rings (SSSR count). The van der Waals surface area contributed by atoms with Gasteiger partial charge in [-0.1, -0.05) is 71.2 Å². The van der Waals surface area contributed by atoms with Crippen LogP contribution in [0.2, 0.25) is 15.1 Å². The van der Waals surface area contributed by atoms with E-state index in [9.17, 15) is 4.79 Å². The number of aryl methyl sites for hydroxylation is 2. The Morgan fingerprint density at radius 2 is 1.16 bits per heavy atom. The molecule has 45 heavy (non-hydrogen) atoms. The third-order valence-corrected chi connectivity index (χ3v) is 7.92. The van der Waals surface area contributed by atoms with Gasteiger partial charge in [0, 0.05) is 36.3 Å². The Bertz CT molecular complexity index is 2170. The number of halogens is 3. The number of carbonyl (C=O) groups excluding carboxylic acids is 1. The highest BCUT2D eigenvalue weighted by Gasteiger charge is 2.13. The number of amides is 1. The highest BCUT2D eigenvalue weighted by atomic mass is 35.5. The molecule has 0 aliphatic heterocycles. The first kappa shape index (κ1) is 30.2. The van der Waals surface area contributed by atoms with Gasteiger partial charge < -0.3 is 19.9 Å². The number of oxazole rings is 2. The number of fused-ring (bicyclic) bond motifs is 2. The topological polar surface area (TPSA) is 107 Å². The SMILES string of the molecule is Cc1nc2cc(Cl)c(-c3ccc(N)cc3)cc2o1.Cc1nc2cc(Cl)c(-c3ccc(NC(=O)c4ccccc4Cl)cc3)cc2o1. The molecule has 0 fully saturated rings. The van der Waals surface area contributed by atoms with Crippen molar-refractivity contribution in [1.29, 1.82) is 0 Å². The molecule has 7 aromatic rings. The van der Waals surface area contributed by atoms with Gasteiger partial charge in [-0.05, 0) is 71.8 Å². The molecule has 0 atom stereocenters. The molecule has 0 bridgehead atoms. The van der Waals surface area contributed by atoms with Crippen molar-refractivity contribution < 1.29 is 13.6 Å². The number of hydrogen-bond donors (Lipinski definition) is 2. The first-order valence-electron chi connectivity index (χ1n) is 13.8. The molecule has 0 aliphatic rings. The largest absolute Gasteiger partial charge is 0.441 e. The molecule has 1 amide bonds. The Hall–Kier alpha value is -4.82. The highest BCUT2D eigenvalue weighted by molar-refractivity contribution is 6.35. The Morgan fingerprint density at radius 1 is 0.667 bits per heavy atom. The molecule has 3 N–H and O–H groups in total. The number of nitrogens with one attached hydrogen (secondary N) is 1. The van der Waals surface area contributed by atoms with Crippen molar-refractivity contribution in [2.75, 3.05) is 11.1 Å². The third kappa shape index (κ3) is 6.66. The minimum atomic E-state index is -0.259. The summed E-state index contributed by atoms with van der Waals surface area (Å²) in [5.41, 5.74) is 14.1. The van der Waals surface area contributed by atoms with Gasteiger partial charge in [0.1, 0.15) is 11.0 Å². The molecule has 7 nitrogen and oxygen atoms in total. The molecule has 0 radical (unpaired) electrons. The highest BCUT2D eigenvalue weighted by Crippen LogP contribution is 2.34. The van der Waals surface area contributed by atoms with E-state index >= 15 is 0 Å². The number of anilines is 2. The minimum absolute atomic E-state index is 0.259. The lowest BCUT2D eigenvalue weighted by Gasteiger charge is -2.09. The zero-order chi connectivity index (χ0) is 31.7. The summed E-state index contributed by atoms with van der Waals surface area (Å²) in [6.07, 6.45) is 0. The van der Waals surface area contributed by atoms with Gasteiger partial charge in [-0.3, -0.25) is 4.79 Å². The van der Waals surface area contributed by atoms with Crippen LogP contribution >= 0.6 is 34.8 Å². The fraction of sp³-hybridized carbons (Fsp3) is 0.0571. The summed E-state index contributed by atoms with van der Waals surface area (Å²) in [6.45, 7) is 3.61. The fourth-order valence-electron chi connectivity index (χ4n) is 4.81. The number of nitrogen functional groups attached to an aromatic ring is 1. The second kappa shape index (κ2) is 12.7. The second-order valence-corrected chi connectivity index (χ2v) is 11.4. The number of aromatic nitrogens is 2. The summed E-state index contributed by atoms with van der Waals surface area (Å²) in [7, 11) is 0. The van der Waals surface area contributed by atoms with Crippen LogP contribution in [0, 0.1) is 13.8 Å². The maximum atomic E-state index is 12.4. The summed E-state index contributed by atoms with van der Waals surface area (Å²) in [5.74, 6) is 0.969. The van der Waals surface area contributed by atoms with E-state index in [1.807, 2.05) is 73.7 Å². The van der Waals surface area contributed by atoms with Crippen molar-refractivity contribution in [2.45, 2.75) is 13.8 Å². The lowest BCUT2D eigenvalue weighted by atomic mass is 10.0. The number of benzene rings is 5. The second-order valence-electron chi connectivity index (χ2n) is 10.2. The van der Waals surface area contributed by atoms with Gasteiger partial charge in [0.25, 0.3) is 5.91 Å². The zero-order valence-corrected chi connectivity index (χ0v) is 26.3. The number of carbonyl (C=O) groups is 1. The van der Waals surface area contributed by atoms with Crippen molar-refractivity contribution in [2.24, 2.45) is 0 Å². The Morgan fingerprint density at radius 3 is 1.67 bits per heavy atom. The van der Waals surface area contributed by atoms with Crippen molar-refractivity contribution in [3.8, 4) is 22.3 Å². The molecule has 0 saturated heterocycles. The molecule has 0 aliphatic carbocycles. The van der Waals surface area contributed by atoms with Crippen LogP contribution in [-0.2, 0) is 0 Å². The summed E-state index contributed by atoms with van der Waals surface area (Å²) in [6, 6.07) is 29.3. The van der Waals surface area contributed by atoms with E-state index in [0.29, 0.717) is 43.7 Å². The molecule has 10 heteroatoms. The van der Waals surface area contributed by atoms with Crippen LogP contribution in [0.5, 0.6) is 0 Å². The zero-order valence-electron chi connectivity index (χ0n) is 24.1. The lowest BCUT2D eigenvalue weighted by molar-refractivity contribution is 0.102. The van der Waals surface area contributed by atoms with Gasteiger partial charge in [0.05, 0.1) is 20.6 Å². The van der Waals surface area contributed by atoms with Crippen LogP contribution in [0.1, 0.15) is 22.1 Å². The van der Waals surface area contributed by atoms with Crippen molar-refractivity contribution in [3.05, 3.63) is 129 Å². The Balaban J connectivity index is 0.000000172. The summed E-state index contributed by atoms with van der Waals surface area (Å²) >= 11 is 18.7. The Kier molecular flexibility index (Phi) is 8.50. The van der Waals surface area contributed by atoms with Gasteiger partial charge in [-0.2, -0.15) is 0 Å². The van der Waals surface area contributed by atoms with Gasteiger partial charge in [0.2, 0.25) is 0 Å². The molecule has 0 spiro atoms. The molecule has 2 heterocycles. The average molecular weight is 656 g/mol. The monoisotopic (exact) mass is 654 g/mol. The molecular formula is C35H25Cl3N4O3. The predicted octanol–water partition coefficient (Wildman–Crippen LogP) is 10.4. The average Bonchev–Trinajstić information content (AvgIpc) is 3.57. The molecule has 5 aromatic carbocycles. The minimum Gasteiger partial charge on any atom is -0.441 e. The first-order chi connectivity index (χ1) is 21.6. The van der Waals surface area contributed by atoms with Gasteiger partial charge in [0.15, 0.2) is 22.9 Å². The van der Waals surface area contributed by atoms with Gasteiger partial charge >= 0.3 is 0 Å². The van der Waals surface area contributed by atoms with E-state index in [4.69, 9.17) is 49.4 Å². The van der Waals surface area contributed by atoms with Crippen molar-refractivity contribution in [1.82, 2.24) is 9.97 Å². The molecule has 0 unspecified atom stereocenters.